The molecule has 0 radical (unpaired) electrons. The maximum absolute atomic E-state index is 12.1. The van der Waals surface area contributed by atoms with Crippen molar-refractivity contribution in [3.63, 3.8) is 0 Å². The Bertz CT molecular complexity index is 759. The maximum Gasteiger partial charge on any atom is 0.255 e. The van der Waals surface area contributed by atoms with Crippen LogP contribution in [-0.2, 0) is 7.05 Å². The number of aromatic nitrogens is 5. The number of hydrogen-bond acceptors (Lipinski definition) is 4. The van der Waals surface area contributed by atoms with Crippen LogP contribution in [0.15, 0.2) is 36.8 Å². The Hall–Kier alpha value is -2.70. The summed E-state index contributed by atoms with van der Waals surface area (Å²) in [5.41, 5.74) is 1.28. The summed E-state index contributed by atoms with van der Waals surface area (Å²) in [4.78, 5) is 12.1. The van der Waals surface area contributed by atoms with Crippen LogP contribution in [0.25, 0.3) is 5.65 Å². The number of pyridine rings is 1. The molecule has 0 saturated carbocycles. The van der Waals surface area contributed by atoms with Crippen molar-refractivity contribution in [1.82, 2.24) is 29.7 Å². The molecular weight excluding hydrogens is 256 g/mol. The second-order valence-electron chi connectivity index (χ2n) is 4.58. The molecular formula is C13H14N6O. The second-order valence-corrected chi connectivity index (χ2v) is 4.58. The van der Waals surface area contributed by atoms with Crippen LogP contribution in [0.4, 0.5) is 0 Å². The van der Waals surface area contributed by atoms with Gasteiger partial charge in [-0.05, 0) is 19.1 Å². The van der Waals surface area contributed by atoms with E-state index in [0.29, 0.717) is 11.4 Å². The Balaban J connectivity index is 1.82. The quantitative estimate of drug-likeness (QED) is 0.768. The summed E-state index contributed by atoms with van der Waals surface area (Å²) in [6.07, 6.45) is 5.07. The van der Waals surface area contributed by atoms with Crippen molar-refractivity contribution < 1.29 is 4.79 Å². The molecule has 0 aliphatic rings. The van der Waals surface area contributed by atoms with Gasteiger partial charge in [0, 0.05) is 19.4 Å². The first-order valence-electron chi connectivity index (χ1n) is 6.24. The van der Waals surface area contributed by atoms with Crippen LogP contribution in [0, 0.1) is 0 Å². The smallest absolute Gasteiger partial charge is 0.255 e. The molecule has 1 atom stereocenters. The fourth-order valence-electron chi connectivity index (χ4n) is 2.04. The van der Waals surface area contributed by atoms with E-state index < -0.39 is 0 Å². The molecule has 0 aromatic carbocycles. The molecule has 1 amide bonds. The zero-order valence-corrected chi connectivity index (χ0v) is 11.2. The maximum atomic E-state index is 12.1. The van der Waals surface area contributed by atoms with Gasteiger partial charge < -0.3 is 5.32 Å². The largest absolute Gasteiger partial charge is 0.342 e. The normalized spacial score (nSPS) is 12.5. The predicted octanol–water partition coefficient (Wildman–Crippen LogP) is 0.954. The highest BCUT2D eigenvalue weighted by Gasteiger charge is 2.17. The van der Waals surface area contributed by atoms with Crippen molar-refractivity contribution in [1.29, 1.82) is 0 Å². The van der Waals surface area contributed by atoms with Gasteiger partial charge in [0.05, 0.1) is 17.8 Å². The van der Waals surface area contributed by atoms with Crippen molar-refractivity contribution in [3.8, 4) is 0 Å². The molecule has 102 valence electrons. The average molecular weight is 270 g/mol. The Morgan fingerprint density at radius 2 is 2.20 bits per heavy atom. The first kappa shape index (κ1) is 12.3. The third-order valence-corrected chi connectivity index (χ3v) is 3.04. The van der Waals surface area contributed by atoms with Crippen LogP contribution in [0.1, 0.15) is 29.1 Å². The average Bonchev–Trinajstić information content (AvgIpc) is 3.04. The SMILES string of the molecule is C[C@H](NC(=O)c1cnn(C)c1)c1nnc2ccccn12. The van der Waals surface area contributed by atoms with Gasteiger partial charge in [0.1, 0.15) is 0 Å². The van der Waals surface area contributed by atoms with Gasteiger partial charge in [0.25, 0.3) is 5.91 Å². The van der Waals surface area contributed by atoms with E-state index >= 15 is 0 Å². The molecule has 0 saturated heterocycles. The van der Waals surface area contributed by atoms with Crippen molar-refractivity contribution in [2.45, 2.75) is 13.0 Å². The van der Waals surface area contributed by atoms with Crippen molar-refractivity contribution >= 4 is 11.6 Å². The Labute approximate surface area is 115 Å². The molecule has 0 aliphatic carbocycles. The minimum atomic E-state index is -0.250. The highest BCUT2D eigenvalue weighted by atomic mass is 16.1. The van der Waals surface area contributed by atoms with E-state index in [9.17, 15) is 4.79 Å². The number of hydrogen-bond donors (Lipinski definition) is 1. The number of nitrogens with zero attached hydrogens (tertiary/aromatic N) is 5. The zero-order valence-electron chi connectivity index (χ0n) is 11.2. The Morgan fingerprint density at radius 1 is 1.35 bits per heavy atom. The minimum Gasteiger partial charge on any atom is -0.342 e. The van der Waals surface area contributed by atoms with Crippen LogP contribution in [-0.4, -0.2) is 30.3 Å². The number of fused-ring (bicyclic) bond motifs is 1. The van der Waals surface area contributed by atoms with Crippen molar-refractivity contribution in [2.24, 2.45) is 7.05 Å². The lowest BCUT2D eigenvalue weighted by molar-refractivity contribution is 0.0938. The number of carbonyl (C=O) groups excluding carboxylic acids is 1. The molecule has 7 heteroatoms. The van der Waals surface area contributed by atoms with Gasteiger partial charge in [0.2, 0.25) is 0 Å². The summed E-state index contributed by atoms with van der Waals surface area (Å²) < 4.78 is 3.44. The first-order chi connectivity index (χ1) is 9.65. The molecule has 3 aromatic heterocycles. The lowest BCUT2D eigenvalue weighted by Crippen LogP contribution is -2.27. The van der Waals surface area contributed by atoms with Crippen LogP contribution >= 0.6 is 0 Å². The second kappa shape index (κ2) is 4.76. The number of carbonyl (C=O) groups is 1. The monoisotopic (exact) mass is 270 g/mol. The topological polar surface area (TPSA) is 77.1 Å². The van der Waals surface area contributed by atoms with Gasteiger partial charge in [-0.25, -0.2) is 0 Å². The van der Waals surface area contributed by atoms with Crippen LogP contribution < -0.4 is 5.32 Å². The molecule has 0 bridgehead atoms. The van der Waals surface area contributed by atoms with Gasteiger partial charge in [-0.2, -0.15) is 5.10 Å². The predicted molar refractivity (Wildman–Crippen MR) is 72.1 cm³/mol. The van der Waals surface area contributed by atoms with Gasteiger partial charge in [-0.15, -0.1) is 10.2 Å². The molecule has 0 aliphatic heterocycles. The zero-order chi connectivity index (χ0) is 14.1. The highest BCUT2D eigenvalue weighted by molar-refractivity contribution is 5.93. The standard InChI is InChI=1S/C13H14N6O/c1-9(15-13(20)10-7-14-18(2)8-10)12-17-16-11-5-3-4-6-19(11)12/h3-9H,1-2H3,(H,15,20)/t9-/m0/s1. The van der Waals surface area contributed by atoms with Crippen LogP contribution in [0.2, 0.25) is 0 Å². The summed E-state index contributed by atoms with van der Waals surface area (Å²) in [6.45, 7) is 1.87. The third-order valence-electron chi connectivity index (χ3n) is 3.04. The van der Waals surface area contributed by atoms with E-state index in [4.69, 9.17) is 0 Å². The Morgan fingerprint density at radius 3 is 2.95 bits per heavy atom. The van der Waals surface area contributed by atoms with Crippen LogP contribution in [0.5, 0.6) is 0 Å². The van der Waals surface area contributed by atoms with E-state index in [1.165, 1.54) is 6.20 Å². The fourth-order valence-corrected chi connectivity index (χ4v) is 2.04. The van der Waals surface area contributed by atoms with Crippen molar-refractivity contribution in [3.05, 3.63) is 48.2 Å². The molecule has 0 fully saturated rings. The van der Waals surface area contributed by atoms with Gasteiger partial charge in [-0.1, -0.05) is 6.07 Å². The lowest BCUT2D eigenvalue weighted by Gasteiger charge is -2.11. The van der Waals surface area contributed by atoms with Gasteiger partial charge in [-0.3, -0.25) is 13.9 Å². The van der Waals surface area contributed by atoms with Gasteiger partial charge in [0.15, 0.2) is 11.5 Å². The number of aryl methyl sites for hydroxylation is 1. The fraction of sp³-hybridized carbons (Fsp3) is 0.231. The van der Waals surface area contributed by atoms with Crippen molar-refractivity contribution in [2.75, 3.05) is 0 Å². The van der Waals surface area contributed by atoms with E-state index in [1.54, 1.807) is 17.9 Å². The summed E-state index contributed by atoms with van der Waals surface area (Å²) >= 11 is 0. The third kappa shape index (κ3) is 2.13. The molecule has 0 spiro atoms. The van der Waals surface area contributed by atoms with E-state index in [0.717, 1.165) is 5.65 Å². The lowest BCUT2D eigenvalue weighted by atomic mass is 10.2. The molecule has 1 N–H and O–H groups in total. The first-order valence-corrected chi connectivity index (χ1v) is 6.24. The number of amides is 1. The Kier molecular flexibility index (Phi) is 2.94. The number of nitrogens with one attached hydrogen (secondary N) is 1. The van der Waals surface area contributed by atoms with E-state index in [2.05, 4.69) is 20.6 Å². The molecule has 0 unspecified atom stereocenters. The summed E-state index contributed by atoms with van der Waals surface area (Å²) in [7, 11) is 1.77. The molecule has 3 heterocycles. The summed E-state index contributed by atoms with van der Waals surface area (Å²) in [5, 5.41) is 15.1. The summed E-state index contributed by atoms with van der Waals surface area (Å²) in [6, 6.07) is 5.41. The summed E-state index contributed by atoms with van der Waals surface area (Å²) in [5.74, 6) is 0.510. The number of rotatable bonds is 3. The van der Waals surface area contributed by atoms with E-state index in [1.807, 2.05) is 35.7 Å². The molecule has 7 nitrogen and oxygen atoms in total. The molecule has 20 heavy (non-hydrogen) atoms. The van der Waals surface area contributed by atoms with Crippen LogP contribution in [0.3, 0.4) is 0 Å². The molecule has 3 aromatic rings. The van der Waals surface area contributed by atoms with E-state index in [-0.39, 0.29) is 11.9 Å². The van der Waals surface area contributed by atoms with Gasteiger partial charge >= 0.3 is 0 Å². The molecule has 3 rings (SSSR count). The minimum absolute atomic E-state index is 0.182. The highest BCUT2D eigenvalue weighted by Crippen LogP contribution is 2.12.